The van der Waals surface area contributed by atoms with Crippen LogP contribution in [0.3, 0.4) is 0 Å². The number of anilines is 3. The molecule has 0 N–H and O–H groups in total. The molecule has 0 saturated carbocycles. The summed E-state index contributed by atoms with van der Waals surface area (Å²) in [5.41, 5.74) is 8.16. The topological polar surface area (TPSA) is 55.3 Å². The van der Waals surface area contributed by atoms with Gasteiger partial charge in [0.1, 0.15) is 11.0 Å². The Hall–Kier alpha value is -6.72. The van der Waals surface area contributed by atoms with Crippen LogP contribution in [-0.2, 0) is 0 Å². The number of fused-ring (bicyclic) bond motifs is 8. The Balaban J connectivity index is 1.13. The first-order valence-electron chi connectivity index (χ1n) is 16.3. The van der Waals surface area contributed by atoms with Crippen molar-refractivity contribution >= 4 is 71.6 Å². The highest BCUT2D eigenvalue weighted by Gasteiger charge is 2.18. The average molecular weight is 630 g/mol. The molecule has 0 saturated heterocycles. The van der Waals surface area contributed by atoms with Crippen molar-refractivity contribution in [3.63, 3.8) is 0 Å². The summed E-state index contributed by atoms with van der Waals surface area (Å²) in [5, 5.41) is 7.44. The maximum Gasteiger partial charge on any atom is 0.227 e. The summed E-state index contributed by atoms with van der Waals surface area (Å²) < 4.78 is 12.2. The fraction of sp³-hybridized carbons (Fsp3) is 0. The van der Waals surface area contributed by atoms with Gasteiger partial charge in [-0.15, -0.1) is 0 Å². The van der Waals surface area contributed by atoms with Gasteiger partial charge in [-0.05, 0) is 117 Å². The summed E-state index contributed by atoms with van der Waals surface area (Å²) in [6, 6.07) is 56.6. The number of hydrogen-bond donors (Lipinski definition) is 0. The van der Waals surface area contributed by atoms with Gasteiger partial charge < -0.3 is 13.7 Å². The SMILES string of the molecule is c1ccc2oc(-c3ccc(N(c4ccc(-c5nc6ccccc6o5)cc4)c4ccc5c6ccccc6c6ccccc6c5c4)cc3)nc2c1. The molecule has 0 bridgehead atoms. The monoisotopic (exact) mass is 629 g/mol. The second-order valence-corrected chi connectivity index (χ2v) is 12.2. The van der Waals surface area contributed by atoms with E-state index in [-0.39, 0.29) is 0 Å². The van der Waals surface area contributed by atoms with E-state index < -0.39 is 0 Å². The lowest BCUT2D eigenvalue weighted by molar-refractivity contribution is 0.619. The summed E-state index contributed by atoms with van der Waals surface area (Å²) in [7, 11) is 0. The minimum absolute atomic E-state index is 0.603. The van der Waals surface area contributed by atoms with Crippen molar-refractivity contribution in [1.82, 2.24) is 9.97 Å². The molecule has 0 amide bonds. The fourth-order valence-electron chi connectivity index (χ4n) is 6.98. The quantitative estimate of drug-likeness (QED) is 0.177. The molecule has 0 radical (unpaired) electrons. The molecule has 8 aromatic carbocycles. The molecule has 230 valence electrons. The highest BCUT2D eigenvalue weighted by molar-refractivity contribution is 6.25. The number of benzene rings is 8. The molecule has 5 heteroatoms. The predicted molar refractivity (Wildman–Crippen MR) is 200 cm³/mol. The summed E-state index contributed by atoms with van der Waals surface area (Å²) in [4.78, 5) is 11.7. The Morgan fingerprint density at radius 1 is 0.347 bits per heavy atom. The zero-order valence-electron chi connectivity index (χ0n) is 26.2. The molecule has 0 unspecified atom stereocenters. The van der Waals surface area contributed by atoms with Crippen LogP contribution in [0.2, 0.25) is 0 Å². The highest BCUT2D eigenvalue weighted by atomic mass is 16.4. The molecule has 0 aliphatic heterocycles. The van der Waals surface area contributed by atoms with Crippen molar-refractivity contribution in [1.29, 1.82) is 0 Å². The van der Waals surface area contributed by atoms with E-state index in [4.69, 9.17) is 18.8 Å². The first kappa shape index (κ1) is 27.4. The van der Waals surface area contributed by atoms with Crippen molar-refractivity contribution in [3.8, 4) is 22.9 Å². The van der Waals surface area contributed by atoms with Gasteiger partial charge in [-0.1, -0.05) is 78.9 Å². The van der Waals surface area contributed by atoms with Gasteiger partial charge in [0, 0.05) is 28.2 Å². The summed E-state index contributed by atoms with van der Waals surface area (Å²) >= 11 is 0. The molecule has 0 fully saturated rings. The maximum atomic E-state index is 6.09. The molecule has 0 aliphatic rings. The number of para-hydroxylation sites is 4. The normalized spacial score (nSPS) is 11.7. The van der Waals surface area contributed by atoms with E-state index in [9.17, 15) is 0 Å². The van der Waals surface area contributed by atoms with Gasteiger partial charge in [0.15, 0.2) is 11.2 Å². The molecule has 49 heavy (non-hydrogen) atoms. The van der Waals surface area contributed by atoms with E-state index in [1.54, 1.807) is 0 Å². The Morgan fingerprint density at radius 3 is 1.20 bits per heavy atom. The summed E-state index contributed by atoms with van der Waals surface area (Å²) in [6.45, 7) is 0. The van der Waals surface area contributed by atoms with Crippen molar-refractivity contribution in [2.24, 2.45) is 0 Å². The van der Waals surface area contributed by atoms with Crippen LogP contribution < -0.4 is 4.90 Å². The first-order chi connectivity index (χ1) is 24.3. The first-order valence-corrected chi connectivity index (χ1v) is 16.3. The van der Waals surface area contributed by atoms with Gasteiger partial charge in [-0.2, -0.15) is 0 Å². The molecule has 5 nitrogen and oxygen atoms in total. The van der Waals surface area contributed by atoms with E-state index in [0.29, 0.717) is 11.8 Å². The third-order valence-electron chi connectivity index (χ3n) is 9.32. The van der Waals surface area contributed by atoms with E-state index in [1.807, 2.05) is 48.5 Å². The number of hydrogen-bond acceptors (Lipinski definition) is 5. The summed E-state index contributed by atoms with van der Waals surface area (Å²) in [6.07, 6.45) is 0. The van der Waals surface area contributed by atoms with Gasteiger partial charge >= 0.3 is 0 Å². The van der Waals surface area contributed by atoms with E-state index in [2.05, 4.69) is 120 Å². The van der Waals surface area contributed by atoms with E-state index in [0.717, 1.165) is 50.4 Å². The zero-order chi connectivity index (χ0) is 32.3. The Kier molecular flexibility index (Phi) is 6.11. The molecular formula is C44H27N3O2. The number of nitrogens with zero attached hydrogens (tertiary/aromatic N) is 3. The largest absolute Gasteiger partial charge is 0.436 e. The zero-order valence-corrected chi connectivity index (χ0v) is 26.2. The van der Waals surface area contributed by atoms with Crippen LogP contribution in [0.5, 0.6) is 0 Å². The fourth-order valence-corrected chi connectivity index (χ4v) is 6.98. The Bertz CT molecular complexity index is 2610. The van der Waals surface area contributed by atoms with Crippen LogP contribution in [0.4, 0.5) is 17.1 Å². The minimum atomic E-state index is 0.603. The van der Waals surface area contributed by atoms with E-state index in [1.165, 1.54) is 32.3 Å². The third-order valence-corrected chi connectivity index (χ3v) is 9.32. The average Bonchev–Trinajstić information content (AvgIpc) is 3.81. The van der Waals surface area contributed by atoms with Gasteiger partial charge in [0.2, 0.25) is 11.8 Å². The van der Waals surface area contributed by atoms with Gasteiger partial charge in [-0.3, -0.25) is 0 Å². The van der Waals surface area contributed by atoms with Crippen LogP contribution in [0.15, 0.2) is 173 Å². The standard InChI is InChI=1S/C44H27N3O2/c1-2-11-35-33(9-1)34-10-3-4-12-36(34)38-27-32(25-26-37(35)38)47(30-21-17-28(18-22-30)43-45-39-13-5-7-15-41(39)48-43)31-23-19-29(20-24-31)44-46-40-14-6-8-16-42(40)49-44/h1-27H. The van der Waals surface area contributed by atoms with Crippen molar-refractivity contribution in [2.45, 2.75) is 0 Å². The van der Waals surface area contributed by atoms with Crippen LogP contribution in [-0.4, -0.2) is 9.97 Å². The second-order valence-electron chi connectivity index (χ2n) is 12.2. The number of aromatic nitrogens is 2. The van der Waals surface area contributed by atoms with Crippen molar-refractivity contribution in [2.75, 3.05) is 4.90 Å². The van der Waals surface area contributed by atoms with Crippen molar-refractivity contribution < 1.29 is 8.83 Å². The molecule has 10 aromatic rings. The van der Waals surface area contributed by atoms with Crippen molar-refractivity contribution in [3.05, 3.63) is 164 Å². The molecule has 0 spiro atoms. The van der Waals surface area contributed by atoms with Gasteiger partial charge in [0.05, 0.1) is 0 Å². The lowest BCUT2D eigenvalue weighted by atomic mass is 9.94. The lowest BCUT2D eigenvalue weighted by Gasteiger charge is -2.26. The molecule has 0 aliphatic carbocycles. The molecule has 2 heterocycles. The minimum Gasteiger partial charge on any atom is -0.436 e. The van der Waals surface area contributed by atoms with Crippen LogP contribution >= 0.6 is 0 Å². The Labute approximate surface area is 281 Å². The lowest BCUT2D eigenvalue weighted by Crippen LogP contribution is -2.10. The third kappa shape index (κ3) is 4.55. The molecule has 0 atom stereocenters. The van der Waals surface area contributed by atoms with Gasteiger partial charge in [0.25, 0.3) is 0 Å². The van der Waals surface area contributed by atoms with Crippen LogP contribution in [0.1, 0.15) is 0 Å². The molecule has 10 rings (SSSR count). The Morgan fingerprint density at radius 2 is 0.735 bits per heavy atom. The molecular weight excluding hydrogens is 603 g/mol. The van der Waals surface area contributed by atoms with Crippen LogP contribution in [0, 0.1) is 0 Å². The van der Waals surface area contributed by atoms with Gasteiger partial charge in [-0.25, -0.2) is 9.97 Å². The molecule has 2 aromatic heterocycles. The van der Waals surface area contributed by atoms with E-state index >= 15 is 0 Å². The van der Waals surface area contributed by atoms with Crippen LogP contribution in [0.25, 0.3) is 77.4 Å². The second kappa shape index (κ2) is 10.9. The maximum absolute atomic E-state index is 6.09. The smallest absolute Gasteiger partial charge is 0.227 e. The predicted octanol–water partition coefficient (Wildman–Crippen LogP) is 12.2. The highest BCUT2D eigenvalue weighted by Crippen LogP contribution is 2.41. The number of oxazole rings is 2. The summed E-state index contributed by atoms with van der Waals surface area (Å²) in [5.74, 6) is 1.21. The number of rotatable bonds is 5.